The first-order chi connectivity index (χ1) is 21.8. The standard InChI is InChI=1S/C30H21Cl4N3O7S2/c1-13-18(30(43)44-2)28(46-25(13)27(40)35-14-7-4-3-5-8-14)37-17(38)12-45-16-10-6-9-15(11-16)36-26(39)19-20(29(41)42)22(32)24(34)23(33)21(19)31/h3-11H,12H2,1-2H3,(H,35,40)(H,36,39)(H,37,38)(H,41,42). The van der Waals surface area contributed by atoms with Gasteiger partial charge in [0, 0.05) is 16.3 Å². The van der Waals surface area contributed by atoms with E-state index in [9.17, 15) is 29.1 Å². The predicted octanol–water partition coefficient (Wildman–Crippen LogP) is 8.39. The van der Waals surface area contributed by atoms with E-state index >= 15 is 0 Å². The number of rotatable bonds is 10. The summed E-state index contributed by atoms with van der Waals surface area (Å²) in [6.45, 7) is 1.59. The van der Waals surface area contributed by atoms with Crippen LogP contribution in [0.1, 0.15) is 46.3 Å². The van der Waals surface area contributed by atoms with Crippen LogP contribution in [0.25, 0.3) is 0 Å². The maximum atomic E-state index is 13.1. The lowest BCUT2D eigenvalue weighted by molar-refractivity contribution is -0.113. The van der Waals surface area contributed by atoms with Gasteiger partial charge >= 0.3 is 11.9 Å². The molecule has 0 fully saturated rings. The third-order valence-corrected chi connectivity index (χ3v) is 10.2. The summed E-state index contributed by atoms with van der Waals surface area (Å²) in [5, 5.41) is 16.4. The summed E-state index contributed by atoms with van der Waals surface area (Å²) in [4.78, 5) is 64.2. The van der Waals surface area contributed by atoms with Crippen LogP contribution in [0, 0.1) is 6.92 Å². The van der Waals surface area contributed by atoms with Crippen molar-refractivity contribution >= 4 is 116 Å². The number of carbonyl (C=O) groups is 5. The zero-order valence-corrected chi connectivity index (χ0v) is 28.3. The second-order valence-corrected chi connectivity index (χ2v) is 12.8. The maximum Gasteiger partial charge on any atom is 0.341 e. The molecule has 1 aromatic heterocycles. The second kappa shape index (κ2) is 15.2. The van der Waals surface area contributed by atoms with E-state index in [1.54, 1.807) is 55.5 Å². The van der Waals surface area contributed by atoms with Gasteiger partial charge in [0.1, 0.15) is 5.00 Å². The Labute approximate surface area is 290 Å². The molecule has 0 aliphatic carbocycles. The Bertz CT molecular complexity index is 1880. The normalized spacial score (nSPS) is 10.7. The molecule has 1 heterocycles. The van der Waals surface area contributed by atoms with E-state index in [-0.39, 0.29) is 41.9 Å². The van der Waals surface area contributed by atoms with E-state index in [2.05, 4.69) is 16.0 Å². The lowest BCUT2D eigenvalue weighted by Crippen LogP contribution is -2.18. The molecule has 0 radical (unpaired) electrons. The van der Waals surface area contributed by atoms with Crippen molar-refractivity contribution in [3.63, 3.8) is 0 Å². The van der Waals surface area contributed by atoms with E-state index in [1.807, 2.05) is 0 Å². The molecule has 0 saturated heterocycles. The number of carbonyl (C=O) groups excluding carboxylic acids is 4. The van der Waals surface area contributed by atoms with Crippen molar-refractivity contribution in [1.82, 2.24) is 0 Å². The van der Waals surface area contributed by atoms with Crippen LogP contribution in [0.2, 0.25) is 20.1 Å². The zero-order valence-electron chi connectivity index (χ0n) is 23.6. The number of ether oxygens (including phenoxy) is 1. The largest absolute Gasteiger partial charge is 0.478 e. The van der Waals surface area contributed by atoms with Crippen molar-refractivity contribution < 1.29 is 33.8 Å². The Hall–Kier alpha value is -3.78. The molecule has 0 saturated carbocycles. The van der Waals surface area contributed by atoms with Crippen molar-refractivity contribution in [3.05, 3.63) is 102 Å². The summed E-state index contributed by atoms with van der Waals surface area (Å²) in [5.74, 6) is -4.20. The average Bonchev–Trinajstić information content (AvgIpc) is 3.35. The molecule has 0 spiro atoms. The van der Waals surface area contributed by atoms with Crippen LogP contribution in [0.3, 0.4) is 0 Å². The van der Waals surface area contributed by atoms with Gasteiger partial charge in [-0.2, -0.15) is 0 Å². The van der Waals surface area contributed by atoms with Gasteiger partial charge in [-0.3, -0.25) is 14.4 Å². The number of benzene rings is 3. The zero-order chi connectivity index (χ0) is 33.7. The molecule has 0 aliphatic rings. The molecular weight excluding hydrogens is 720 g/mol. The van der Waals surface area contributed by atoms with Crippen molar-refractivity contribution in [3.8, 4) is 0 Å². The third-order valence-electron chi connectivity index (χ3n) is 6.20. The fourth-order valence-corrected chi connectivity index (χ4v) is 6.97. The molecule has 4 N–H and O–H groups in total. The van der Waals surface area contributed by atoms with Gasteiger partial charge in [0.15, 0.2) is 0 Å². The maximum absolute atomic E-state index is 13.1. The molecule has 10 nitrogen and oxygen atoms in total. The Morgan fingerprint density at radius 3 is 2.02 bits per heavy atom. The number of aromatic carboxylic acids is 1. The van der Waals surface area contributed by atoms with Gasteiger partial charge in [0.2, 0.25) is 5.91 Å². The van der Waals surface area contributed by atoms with Gasteiger partial charge in [0.05, 0.1) is 54.5 Å². The molecule has 0 bridgehead atoms. The number of hydrogen-bond donors (Lipinski definition) is 4. The number of thiophene rings is 1. The van der Waals surface area contributed by atoms with Crippen LogP contribution >= 0.6 is 69.5 Å². The average molecular weight is 741 g/mol. The summed E-state index contributed by atoms with van der Waals surface area (Å²) >= 11 is 26.3. The minimum absolute atomic E-state index is 0.0653. The fourth-order valence-electron chi connectivity index (χ4n) is 4.09. The number of carboxylic acid groups (broad SMARTS) is 1. The van der Waals surface area contributed by atoms with Crippen LogP contribution in [0.4, 0.5) is 16.4 Å². The number of carboxylic acids is 1. The lowest BCUT2D eigenvalue weighted by atomic mass is 10.1. The quantitative estimate of drug-likeness (QED) is 0.0548. The van der Waals surface area contributed by atoms with Crippen LogP contribution in [0.15, 0.2) is 59.5 Å². The van der Waals surface area contributed by atoms with Crippen LogP contribution in [0.5, 0.6) is 0 Å². The highest BCUT2D eigenvalue weighted by molar-refractivity contribution is 8.00. The Morgan fingerprint density at radius 1 is 0.783 bits per heavy atom. The topological polar surface area (TPSA) is 151 Å². The number of esters is 1. The van der Waals surface area contributed by atoms with Crippen LogP contribution < -0.4 is 16.0 Å². The molecule has 0 aliphatic heterocycles. The van der Waals surface area contributed by atoms with E-state index in [4.69, 9.17) is 51.1 Å². The molecule has 238 valence electrons. The molecular formula is C30H21Cl4N3O7S2. The number of para-hydroxylation sites is 1. The van der Waals surface area contributed by atoms with Crippen LogP contribution in [-0.4, -0.2) is 47.6 Å². The molecule has 3 amide bonds. The highest BCUT2D eigenvalue weighted by Gasteiger charge is 2.29. The minimum atomic E-state index is -1.54. The number of nitrogens with one attached hydrogen (secondary N) is 3. The summed E-state index contributed by atoms with van der Waals surface area (Å²) in [6, 6.07) is 15.1. The monoisotopic (exact) mass is 739 g/mol. The molecule has 46 heavy (non-hydrogen) atoms. The number of halogens is 4. The van der Waals surface area contributed by atoms with E-state index in [1.165, 1.54) is 13.2 Å². The molecule has 16 heteroatoms. The van der Waals surface area contributed by atoms with E-state index in [0.29, 0.717) is 16.1 Å². The summed E-state index contributed by atoms with van der Waals surface area (Å²) in [7, 11) is 1.20. The summed E-state index contributed by atoms with van der Waals surface area (Å²) < 4.78 is 4.89. The highest BCUT2D eigenvalue weighted by atomic mass is 35.5. The van der Waals surface area contributed by atoms with Crippen molar-refractivity contribution in [2.75, 3.05) is 28.8 Å². The summed E-state index contributed by atoms with van der Waals surface area (Å²) in [5.41, 5.74) is 0.140. The Balaban J connectivity index is 1.48. The number of amides is 3. The number of hydrogen-bond acceptors (Lipinski definition) is 8. The van der Waals surface area contributed by atoms with Crippen molar-refractivity contribution in [2.24, 2.45) is 0 Å². The van der Waals surface area contributed by atoms with Gasteiger partial charge in [-0.05, 0) is 42.8 Å². The first-order valence-electron chi connectivity index (χ1n) is 12.8. The SMILES string of the molecule is COC(=O)c1c(NC(=O)CSc2cccc(NC(=O)c3c(Cl)c(Cl)c(Cl)c(Cl)c3C(=O)O)c2)sc(C(=O)Nc2ccccc2)c1C. The van der Waals surface area contributed by atoms with Crippen LogP contribution in [-0.2, 0) is 9.53 Å². The van der Waals surface area contributed by atoms with Gasteiger partial charge in [0.25, 0.3) is 11.8 Å². The number of anilines is 3. The molecule has 4 aromatic rings. The third kappa shape index (κ3) is 7.77. The van der Waals surface area contributed by atoms with E-state index in [0.717, 1.165) is 23.1 Å². The first-order valence-corrected chi connectivity index (χ1v) is 16.2. The predicted molar refractivity (Wildman–Crippen MR) is 182 cm³/mol. The van der Waals surface area contributed by atoms with Crippen molar-refractivity contribution in [1.29, 1.82) is 0 Å². The molecule has 0 atom stereocenters. The first kappa shape index (κ1) is 35.1. The lowest BCUT2D eigenvalue weighted by Gasteiger charge is -2.14. The minimum Gasteiger partial charge on any atom is -0.478 e. The van der Waals surface area contributed by atoms with E-state index < -0.39 is 45.8 Å². The molecule has 0 unspecified atom stereocenters. The molecule has 4 rings (SSSR count). The second-order valence-electron chi connectivity index (χ2n) is 9.20. The van der Waals surface area contributed by atoms with Gasteiger partial charge < -0.3 is 25.8 Å². The van der Waals surface area contributed by atoms with Gasteiger partial charge in [-0.15, -0.1) is 23.1 Å². The molecule has 3 aromatic carbocycles. The Kier molecular flexibility index (Phi) is 11.6. The number of methoxy groups -OCH3 is 1. The highest BCUT2D eigenvalue weighted by Crippen LogP contribution is 2.42. The summed E-state index contributed by atoms with van der Waals surface area (Å²) in [6.07, 6.45) is 0. The van der Waals surface area contributed by atoms with Gasteiger partial charge in [-0.25, -0.2) is 9.59 Å². The smallest absolute Gasteiger partial charge is 0.341 e. The Morgan fingerprint density at radius 2 is 1.39 bits per heavy atom. The van der Waals surface area contributed by atoms with Crippen molar-refractivity contribution in [2.45, 2.75) is 11.8 Å². The van der Waals surface area contributed by atoms with Gasteiger partial charge in [-0.1, -0.05) is 70.7 Å². The fraction of sp³-hybridized carbons (Fsp3) is 0.100. The number of thioether (sulfide) groups is 1.